The number of aliphatic hydroxyl groups is 4. The van der Waals surface area contributed by atoms with Crippen LogP contribution in [-0.4, -0.2) is 58.7 Å². The Morgan fingerprint density at radius 3 is 1.56 bits per heavy atom. The Labute approximate surface area is 104 Å². The summed E-state index contributed by atoms with van der Waals surface area (Å²) in [5.41, 5.74) is 6.57. The van der Waals surface area contributed by atoms with Crippen LogP contribution in [-0.2, 0) is 9.59 Å². The minimum absolute atomic E-state index is 0.181. The van der Waals surface area contributed by atoms with Gasteiger partial charge in [0.05, 0.1) is 26.4 Å². The van der Waals surface area contributed by atoms with E-state index in [0.29, 0.717) is 0 Å². The van der Waals surface area contributed by atoms with Gasteiger partial charge in [0.15, 0.2) is 0 Å². The van der Waals surface area contributed by atoms with E-state index in [-0.39, 0.29) is 12.8 Å². The summed E-state index contributed by atoms with van der Waals surface area (Å²) in [6.45, 7) is -3.20. The Morgan fingerprint density at radius 1 is 0.889 bits per heavy atom. The number of amides is 2. The lowest BCUT2D eigenvalue weighted by Crippen LogP contribution is -2.59. The zero-order chi connectivity index (χ0) is 14.4. The molecule has 0 fully saturated rings. The SMILES string of the molecule is NC(=O)CCC(CO)(CO)C(CO)(CO)C(N)=O. The van der Waals surface area contributed by atoms with Gasteiger partial charge in [-0.1, -0.05) is 0 Å². The maximum absolute atomic E-state index is 11.5. The third kappa shape index (κ3) is 2.78. The molecule has 0 heterocycles. The van der Waals surface area contributed by atoms with Crippen LogP contribution in [0.3, 0.4) is 0 Å². The molecule has 0 aromatic rings. The van der Waals surface area contributed by atoms with Gasteiger partial charge < -0.3 is 31.9 Å². The Hall–Kier alpha value is -1.22. The van der Waals surface area contributed by atoms with Crippen molar-refractivity contribution < 1.29 is 30.0 Å². The van der Waals surface area contributed by atoms with E-state index in [2.05, 4.69) is 0 Å². The molecule has 0 aromatic carbocycles. The molecule has 18 heavy (non-hydrogen) atoms. The van der Waals surface area contributed by atoms with Crippen LogP contribution in [0.25, 0.3) is 0 Å². The van der Waals surface area contributed by atoms with Gasteiger partial charge in [-0.15, -0.1) is 0 Å². The Balaban J connectivity index is 5.50. The Bertz CT molecular complexity index is 299. The van der Waals surface area contributed by atoms with E-state index >= 15 is 0 Å². The van der Waals surface area contributed by atoms with Crippen molar-refractivity contribution in [1.29, 1.82) is 0 Å². The van der Waals surface area contributed by atoms with Gasteiger partial charge in [0.25, 0.3) is 0 Å². The second-order valence-corrected chi connectivity index (χ2v) is 4.33. The van der Waals surface area contributed by atoms with Crippen molar-refractivity contribution in [2.45, 2.75) is 12.8 Å². The van der Waals surface area contributed by atoms with E-state index < -0.39 is 49.1 Å². The van der Waals surface area contributed by atoms with E-state index in [9.17, 15) is 30.0 Å². The highest BCUT2D eigenvalue weighted by Gasteiger charge is 2.54. The summed E-state index contributed by atoms with van der Waals surface area (Å²) in [4.78, 5) is 22.2. The summed E-state index contributed by atoms with van der Waals surface area (Å²) in [5, 5.41) is 37.4. The van der Waals surface area contributed by atoms with Gasteiger partial charge in [-0.05, 0) is 6.42 Å². The van der Waals surface area contributed by atoms with Crippen LogP contribution in [0.1, 0.15) is 12.8 Å². The van der Waals surface area contributed by atoms with E-state index in [0.717, 1.165) is 0 Å². The van der Waals surface area contributed by atoms with Crippen LogP contribution in [0, 0.1) is 10.8 Å². The number of hydrogen-bond donors (Lipinski definition) is 6. The molecule has 8 N–H and O–H groups in total. The van der Waals surface area contributed by atoms with Crippen molar-refractivity contribution in [2.75, 3.05) is 26.4 Å². The smallest absolute Gasteiger partial charge is 0.229 e. The lowest BCUT2D eigenvalue weighted by atomic mass is 9.61. The third-order valence-corrected chi connectivity index (χ3v) is 3.48. The van der Waals surface area contributed by atoms with Crippen molar-refractivity contribution in [3.63, 3.8) is 0 Å². The van der Waals surface area contributed by atoms with Crippen LogP contribution in [0.5, 0.6) is 0 Å². The average Bonchev–Trinajstić information content (AvgIpc) is 2.34. The topological polar surface area (TPSA) is 167 Å². The second kappa shape index (κ2) is 6.64. The average molecular weight is 264 g/mol. The van der Waals surface area contributed by atoms with Crippen molar-refractivity contribution in [1.82, 2.24) is 0 Å². The number of primary amides is 2. The molecular formula is C10H20N2O6. The minimum atomic E-state index is -1.92. The summed E-state index contributed by atoms with van der Waals surface area (Å²) in [6.07, 6.45) is -0.407. The standard InChI is InChI=1S/C10H20N2O6/c11-7(17)1-2-9(3-13,4-14)10(5-15,6-16)8(12)18/h13-16H,1-6H2,(H2,11,17)(H2,12,18). The lowest BCUT2D eigenvalue weighted by molar-refractivity contribution is -0.160. The molecule has 0 aliphatic heterocycles. The lowest BCUT2D eigenvalue weighted by Gasteiger charge is -2.44. The van der Waals surface area contributed by atoms with Crippen molar-refractivity contribution in [3.8, 4) is 0 Å². The molecule has 0 aliphatic carbocycles. The summed E-state index contributed by atoms with van der Waals surface area (Å²) in [6, 6.07) is 0. The van der Waals surface area contributed by atoms with Crippen LogP contribution in [0.15, 0.2) is 0 Å². The molecule has 0 rings (SSSR count). The van der Waals surface area contributed by atoms with Gasteiger partial charge in [0.2, 0.25) is 11.8 Å². The molecule has 8 heteroatoms. The van der Waals surface area contributed by atoms with Crippen molar-refractivity contribution in [2.24, 2.45) is 22.3 Å². The quantitative estimate of drug-likeness (QED) is 0.255. The maximum atomic E-state index is 11.5. The normalized spacial score (nSPS) is 12.4. The Kier molecular flexibility index (Phi) is 6.19. The molecule has 0 saturated carbocycles. The van der Waals surface area contributed by atoms with E-state index in [1.807, 2.05) is 0 Å². The zero-order valence-electron chi connectivity index (χ0n) is 10.0. The number of nitrogens with two attached hydrogens (primary N) is 2. The first-order valence-electron chi connectivity index (χ1n) is 5.37. The molecule has 0 radical (unpaired) electrons. The van der Waals surface area contributed by atoms with E-state index in [1.165, 1.54) is 0 Å². The summed E-state index contributed by atoms with van der Waals surface area (Å²) in [5.74, 6) is -1.77. The molecule has 0 unspecified atom stereocenters. The predicted octanol–water partition coefficient (Wildman–Crippen LogP) is -3.32. The number of carbonyl (C=O) groups is 2. The Morgan fingerprint density at radius 2 is 1.33 bits per heavy atom. The van der Waals surface area contributed by atoms with Crippen molar-refractivity contribution >= 4 is 11.8 Å². The molecule has 0 atom stereocenters. The van der Waals surface area contributed by atoms with Gasteiger partial charge >= 0.3 is 0 Å². The van der Waals surface area contributed by atoms with Gasteiger partial charge in [0, 0.05) is 11.8 Å². The van der Waals surface area contributed by atoms with Crippen LogP contribution in [0.2, 0.25) is 0 Å². The van der Waals surface area contributed by atoms with E-state index in [4.69, 9.17) is 11.5 Å². The largest absolute Gasteiger partial charge is 0.396 e. The van der Waals surface area contributed by atoms with Crippen LogP contribution in [0.4, 0.5) is 0 Å². The molecule has 0 spiro atoms. The highest BCUT2D eigenvalue weighted by molar-refractivity contribution is 5.82. The number of carbonyl (C=O) groups excluding carboxylic acids is 2. The maximum Gasteiger partial charge on any atom is 0.229 e. The van der Waals surface area contributed by atoms with Gasteiger partial charge in [-0.3, -0.25) is 9.59 Å². The number of aliphatic hydroxyl groups excluding tert-OH is 4. The highest BCUT2D eigenvalue weighted by atomic mass is 16.3. The molecule has 0 saturated heterocycles. The molecule has 8 nitrogen and oxygen atoms in total. The molecule has 0 bridgehead atoms. The molecule has 106 valence electrons. The first-order valence-corrected chi connectivity index (χ1v) is 5.37. The van der Waals surface area contributed by atoms with E-state index in [1.54, 1.807) is 0 Å². The molecule has 0 aromatic heterocycles. The fraction of sp³-hybridized carbons (Fsp3) is 0.800. The summed E-state index contributed by atoms with van der Waals surface area (Å²) >= 11 is 0. The van der Waals surface area contributed by atoms with Crippen LogP contribution >= 0.6 is 0 Å². The second-order valence-electron chi connectivity index (χ2n) is 4.33. The summed E-state index contributed by atoms with van der Waals surface area (Å²) in [7, 11) is 0. The summed E-state index contributed by atoms with van der Waals surface area (Å²) < 4.78 is 0. The minimum Gasteiger partial charge on any atom is -0.396 e. The first-order chi connectivity index (χ1) is 8.35. The molecule has 2 amide bonds. The third-order valence-electron chi connectivity index (χ3n) is 3.48. The first kappa shape index (κ1) is 16.8. The highest BCUT2D eigenvalue weighted by Crippen LogP contribution is 2.42. The predicted molar refractivity (Wildman–Crippen MR) is 60.8 cm³/mol. The monoisotopic (exact) mass is 264 g/mol. The van der Waals surface area contributed by atoms with Gasteiger partial charge in [-0.25, -0.2) is 0 Å². The van der Waals surface area contributed by atoms with Gasteiger partial charge in [-0.2, -0.15) is 0 Å². The fourth-order valence-electron chi connectivity index (χ4n) is 1.92. The zero-order valence-corrected chi connectivity index (χ0v) is 10.0. The van der Waals surface area contributed by atoms with Gasteiger partial charge in [0.1, 0.15) is 5.41 Å². The number of hydrogen-bond acceptors (Lipinski definition) is 6. The fourth-order valence-corrected chi connectivity index (χ4v) is 1.92. The van der Waals surface area contributed by atoms with Crippen molar-refractivity contribution in [3.05, 3.63) is 0 Å². The number of rotatable bonds is 9. The molecular weight excluding hydrogens is 244 g/mol. The van der Waals surface area contributed by atoms with Crippen LogP contribution < -0.4 is 11.5 Å². The molecule has 0 aliphatic rings.